The van der Waals surface area contributed by atoms with Crippen LogP contribution in [0.15, 0.2) is 28.9 Å². The number of hydrogen-bond acceptors (Lipinski definition) is 5. The lowest BCUT2D eigenvalue weighted by Crippen LogP contribution is -2.49. The van der Waals surface area contributed by atoms with Gasteiger partial charge in [-0.2, -0.15) is 0 Å². The van der Waals surface area contributed by atoms with E-state index in [2.05, 4.69) is 32.7 Å². The Hall–Kier alpha value is -1.37. The summed E-state index contributed by atoms with van der Waals surface area (Å²) in [5.41, 5.74) is 8.68. The molecule has 1 aromatic heterocycles. The van der Waals surface area contributed by atoms with E-state index in [-0.39, 0.29) is 18.8 Å². The number of pyridine rings is 1. The van der Waals surface area contributed by atoms with E-state index < -0.39 is 0 Å². The van der Waals surface area contributed by atoms with Gasteiger partial charge in [-0.15, -0.1) is 0 Å². The molecule has 0 spiro atoms. The van der Waals surface area contributed by atoms with Crippen molar-refractivity contribution in [1.29, 1.82) is 0 Å². The molecule has 1 aliphatic rings. The quantitative estimate of drug-likeness (QED) is 0.811. The van der Waals surface area contributed by atoms with Crippen molar-refractivity contribution >= 4 is 38.2 Å². The Morgan fingerprint density at radius 1 is 1.52 bits per heavy atom. The van der Waals surface area contributed by atoms with E-state index >= 15 is 0 Å². The monoisotopic (exact) mass is 351 g/mol. The average molecular weight is 352 g/mol. The van der Waals surface area contributed by atoms with Crippen molar-refractivity contribution in [2.75, 3.05) is 30.4 Å². The predicted octanol–water partition coefficient (Wildman–Crippen LogP) is 2.17. The standard InChI is InChI=1S/C15H18BrN3O2/c1-9-8-21-11(7-20)6-19(9)14-3-2-13(17)12-4-10(16)5-18-15(12)14/h2-5,9,11,20H,6-8,17H2,1H3. The Balaban J connectivity index is 2.09. The van der Waals surface area contributed by atoms with Gasteiger partial charge in [0.05, 0.1) is 30.5 Å². The summed E-state index contributed by atoms with van der Waals surface area (Å²) < 4.78 is 6.51. The molecule has 21 heavy (non-hydrogen) atoms. The fourth-order valence-corrected chi connectivity index (χ4v) is 3.03. The van der Waals surface area contributed by atoms with Crippen molar-refractivity contribution in [2.24, 2.45) is 0 Å². The van der Waals surface area contributed by atoms with Gasteiger partial charge in [0.15, 0.2) is 0 Å². The number of nitrogens with two attached hydrogens (primary N) is 1. The van der Waals surface area contributed by atoms with E-state index in [0.29, 0.717) is 18.8 Å². The van der Waals surface area contributed by atoms with Crippen LogP contribution in [0.5, 0.6) is 0 Å². The third-order valence-electron chi connectivity index (χ3n) is 3.85. The minimum absolute atomic E-state index is 0.0229. The van der Waals surface area contributed by atoms with Crippen LogP contribution in [0.2, 0.25) is 0 Å². The first kappa shape index (κ1) is 14.6. The number of aromatic nitrogens is 1. The van der Waals surface area contributed by atoms with Gasteiger partial charge in [0, 0.05) is 34.3 Å². The molecule has 3 N–H and O–H groups in total. The number of rotatable bonds is 2. The Morgan fingerprint density at radius 3 is 3.10 bits per heavy atom. The van der Waals surface area contributed by atoms with Crippen molar-refractivity contribution in [3.63, 3.8) is 0 Å². The molecular formula is C15H18BrN3O2. The van der Waals surface area contributed by atoms with Crippen LogP contribution in [-0.4, -0.2) is 42.0 Å². The highest BCUT2D eigenvalue weighted by Gasteiger charge is 2.27. The molecule has 2 unspecified atom stereocenters. The molecule has 0 saturated carbocycles. The lowest BCUT2D eigenvalue weighted by Gasteiger charge is -2.39. The molecule has 2 atom stereocenters. The molecule has 1 aliphatic heterocycles. The summed E-state index contributed by atoms with van der Waals surface area (Å²) in [7, 11) is 0. The number of fused-ring (bicyclic) bond motifs is 1. The zero-order valence-corrected chi connectivity index (χ0v) is 13.4. The number of ether oxygens (including phenoxy) is 1. The summed E-state index contributed by atoms with van der Waals surface area (Å²) in [5.74, 6) is 0. The van der Waals surface area contributed by atoms with E-state index in [9.17, 15) is 5.11 Å². The number of aliphatic hydroxyl groups is 1. The average Bonchev–Trinajstić information content (AvgIpc) is 2.49. The van der Waals surface area contributed by atoms with Gasteiger partial charge in [0.2, 0.25) is 0 Å². The fraction of sp³-hybridized carbons (Fsp3) is 0.400. The highest BCUT2D eigenvalue weighted by Crippen LogP contribution is 2.33. The first-order valence-corrected chi connectivity index (χ1v) is 7.72. The third kappa shape index (κ3) is 2.71. The topological polar surface area (TPSA) is 71.6 Å². The Labute approximate surface area is 131 Å². The minimum Gasteiger partial charge on any atom is -0.398 e. The fourth-order valence-electron chi connectivity index (χ4n) is 2.70. The summed E-state index contributed by atoms with van der Waals surface area (Å²) in [6.07, 6.45) is 1.61. The van der Waals surface area contributed by atoms with Crippen molar-refractivity contribution in [3.8, 4) is 0 Å². The zero-order valence-electron chi connectivity index (χ0n) is 11.8. The number of benzene rings is 1. The Kier molecular flexibility index (Phi) is 4.01. The molecule has 0 bridgehead atoms. The molecule has 6 heteroatoms. The van der Waals surface area contributed by atoms with Crippen LogP contribution in [0.1, 0.15) is 6.92 Å². The molecule has 5 nitrogen and oxygen atoms in total. The number of nitrogen functional groups attached to an aromatic ring is 1. The normalized spacial score (nSPS) is 22.7. The second kappa shape index (κ2) is 5.79. The Bertz CT molecular complexity index is 665. The number of anilines is 2. The van der Waals surface area contributed by atoms with Crippen molar-refractivity contribution < 1.29 is 9.84 Å². The largest absolute Gasteiger partial charge is 0.398 e. The molecule has 2 aromatic rings. The maximum absolute atomic E-state index is 9.34. The van der Waals surface area contributed by atoms with Gasteiger partial charge in [-0.05, 0) is 41.1 Å². The molecule has 112 valence electrons. The summed E-state index contributed by atoms with van der Waals surface area (Å²) in [6, 6.07) is 6.11. The van der Waals surface area contributed by atoms with Crippen molar-refractivity contribution in [1.82, 2.24) is 4.98 Å². The van der Waals surface area contributed by atoms with E-state index in [4.69, 9.17) is 10.5 Å². The van der Waals surface area contributed by atoms with Crippen LogP contribution < -0.4 is 10.6 Å². The molecule has 1 saturated heterocycles. The summed E-state index contributed by atoms with van der Waals surface area (Å²) in [5, 5.41) is 10.3. The molecule has 3 rings (SSSR count). The van der Waals surface area contributed by atoms with Gasteiger partial charge >= 0.3 is 0 Å². The van der Waals surface area contributed by atoms with E-state index in [1.807, 2.05) is 18.2 Å². The number of morpholine rings is 1. The van der Waals surface area contributed by atoms with Crippen LogP contribution in [0.25, 0.3) is 10.9 Å². The molecule has 0 amide bonds. The molecule has 2 heterocycles. The van der Waals surface area contributed by atoms with Gasteiger partial charge < -0.3 is 20.5 Å². The van der Waals surface area contributed by atoms with E-state index in [0.717, 1.165) is 21.1 Å². The Morgan fingerprint density at radius 2 is 2.33 bits per heavy atom. The van der Waals surface area contributed by atoms with Gasteiger partial charge in [-0.3, -0.25) is 4.98 Å². The van der Waals surface area contributed by atoms with Gasteiger partial charge in [-0.1, -0.05) is 0 Å². The van der Waals surface area contributed by atoms with Crippen molar-refractivity contribution in [3.05, 3.63) is 28.9 Å². The maximum Gasteiger partial charge on any atom is 0.0981 e. The van der Waals surface area contributed by atoms with Gasteiger partial charge in [0.1, 0.15) is 0 Å². The number of nitrogens with zero attached hydrogens (tertiary/aromatic N) is 2. The van der Waals surface area contributed by atoms with Gasteiger partial charge in [-0.25, -0.2) is 0 Å². The maximum atomic E-state index is 9.34. The van der Waals surface area contributed by atoms with Crippen LogP contribution >= 0.6 is 15.9 Å². The summed E-state index contributed by atoms with van der Waals surface area (Å²) in [4.78, 5) is 6.76. The van der Waals surface area contributed by atoms with Crippen molar-refractivity contribution in [2.45, 2.75) is 19.1 Å². The van der Waals surface area contributed by atoms with Crippen LogP contribution in [0, 0.1) is 0 Å². The zero-order chi connectivity index (χ0) is 15.0. The lowest BCUT2D eigenvalue weighted by molar-refractivity contribution is -0.0102. The number of aliphatic hydroxyl groups excluding tert-OH is 1. The van der Waals surface area contributed by atoms with E-state index in [1.165, 1.54) is 0 Å². The first-order chi connectivity index (χ1) is 10.1. The third-order valence-corrected chi connectivity index (χ3v) is 4.28. The first-order valence-electron chi connectivity index (χ1n) is 6.93. The van der Waals surface area contributed by atoms with Crippen LogP contribution in [0.3, 0.4) is 0 Å². The number of halogens is 1. The highest BCUT2D eigenvalue weighted by molar-refractivity contribution is 9.10. The molecule has 0 aliphatic carbocycles. The molecular weight excluding hydrogens is 334 g/mol. The minimum atomic E-state index is -0.163. The predicted molar refractivity (Wildman–Crippen MR) is 87.5 cm³/mol. The van der Waals surface area contributed by atoms with Crippen LogP contribution in [0.4, 0.5) is 11.4 Å². The van der Waals surface area contributed by atoms with Crippen LogP contribution in [-0.2, 0) is 4.74 Å². The molecule has 0 radical (unpaired) electrons. The second-order valence-electron chi connectivity index (χ2n) is 5.36. The summed E-state index contributed by atoms with van der Waals surface area (Å²) >= 11 is 3.44. The summed E-state index contributed by atoms with van der Waals surface area (Å²) in [6.45, 7) is 3.37. The van der Waals surface area contributed by atoms with Gasteiger partial charge in [0.25, 0.3) is 0 Å². The van der Waals surface area contributed by atoms with E-state index in [1.54, 1.807) is 6.20 Å². The SMILES string of the molecule is CC1COC(CO)CN1c1ccc(N)c2cc(Br)cnc12. The highest BCUT2D eigenvalue weighted by atomic mass is 79.9. The number of hydrogen-bond donors (Lipinski definition) is 2. The second-order valence-corrected chi connectivity index (χ2v) is 6.28. The smallest absolute Gasteiger partial charge is 0.0981 e. The molecule has 1 aromatic carbocycles. The lowest BCUT2D eigenvalue weighted by atomic mass is 10.1. The molecule has 1 fully saturated rings.